The van der Waals surface area contributed by atoms with E-state index in [1.54, 1.807) is 49.5 Å². The minimum Gasteiger partial charge on any atom is -0.495 e. The van der Waals surface area contributed by atoms with Gasteiger partial charge in [-0.3, -0.25) is 14.6 Å². The first kappa shape index (κ1) is 27.2. The second-order valence-electron chi connectivity index (χ2n) is 9.00. The molecule has 0 fully saturated rings. The van der Waals surface area contributed by atoms with Gasteiger partial charge in [-0.2, -0.15) is 0 Å². The molecule has 1 unspecified atom stereocenters. The second kappa shape index (κ2) is 12.5. The zero-order valence-electron chi connectivity index (χ0n) is 21.4. The Morgan fingerprint density at radius 3 is 2.41 bits per heavy atom. The lowest BCUT2D eigenvalue weighted by Gasteiger charge is -2.18. The van der Waals surface area contributed by atoms with Crippen molar-refractivity contribution >= 4 is 29.3 Å². The van der Waals surface area contributed by atoms with Gasteiger partial charge in [-0.15, -0.1) is 0 Å². The molecule has 0 bridgehead atoms. The van der Waals surface area contributed by atoms with E-state index in [-0.39, 0.29) is 12.3 Å². The lowest BCUT2D eigenvalue weighted by molar-refractivity contribution is -0.141. The van der Waals surface area contributed by atoms with Crippen LogP contribution >= 0.6 is 0 Å². The number of likely N-dealkylation sites (N-methyl/N-ethyl adjacent to an activating group) is 1. The number of carbonyl (C=O) groups excluding carboxylic acids is 2. The van der Waals surface area contributed by atoms with E-state index in [1.165, 1.54) is 7.11 Å². The van der Waals surface area contributed by atoms with Crippen molar-refractivity contribution in [3.05, 3.63) is 83.2 Å². The average molecular weight is 505 g/mol. The van der Waals surface area contributed by atoms with Gasteiger partial charge in [0.25, 0.3) is 0 Å². The summed E-state index contributed by atoms with van der Waals surface area (Å²) in [5.41, 5.74) is 4.51. The molecule has 194 valence electrons. The zero-order valence-corrected chi connectivity index (χ0v) is 21.4. The Labute approximate surface area is 216 Å². The van der Waals surface area contributed by atoms with Gasteiger partial charge < -0.3 is 25.4 Å². The number of hydrogen-bond acceptors (Lipinski definition) is 5. The molecule has 0 aliphatic carbocycles. The molecule has 0 radical (unpaired) electrons. The standard InChI is InChI=1S/C28H32N4O5/c1-18-7-5-6-8-23(18)30-28(36)31-24-10-9-20(13-25(24)37-4)14-26(33)32(3)17-22-12-21(15-29-16-22)11-19(2)27(34)35/h5-10,12-13,15-16,19H,11,14,17H2,1-4H3,(H,34,35)(H2,30,31,36). The maximum Gasteiger partial charge on any atom is 0.323 e. The number of nitrogens with one attached hydrogen (secondary N) is 2. The van der Waals surface area contributed by atoms with Crippen molar-refractivity contribution in [1.82, 2.24) is 9.88 Å². The molecule has 2 aromatic carbocycles. The smallest absolute Gasteiger partial charge is 0.323 e. The quantitative estimate of drug-likeness (QED) is 0.374. The highest BCUT2D eigenvalue weighted by Crippen LogP contribution is 2.26. The van der Waals surface area contributed by atoms with E-state index in [1.807, 2.05) is 37.3 Å². The van der Waals surface area contributed by atoms with Crippen LogP contribution in [0.3, 0.4) is 0 Å². The topological polar surface area (TPSA) is 121 Å². The van der Waals surface area contributed by atoms with Crippen molar-refractivity contribution in [1.29, 1.82) is 0 Å². The number of aliphatic carboxylic acids is 1. The number of rotatable bonds is 10. The van der Waals surface area contributed by atoms with E-state index in [9.17, 15) is 14.4 Å². The van der Waals surface area contributed by atoms with Crippen LogP contribution in [0.4, 0.5) is 16.2 Å². The Kier molecular flexibility index (Phi) is 9.21. The fourth-order valence-corrected chi connectivity index (χ4v) is 3.79. The Bertz CT molecular complexity index is 1280. The average Bonchev–Trinajstić information content (AvgIpc) is 2.86. The molecule has 37 heavy (non-hydrogen) atoms. The summed E-state index contributed by atoms with van der Waals surface area (Å²) < 4.78 is 5.44. The van der Waals surface area contributed by atoms with Crippen LogP contribution < -0.4 is 15.4 Å². The van der Waals surface area contributed by atoms with Gasteiger partial charge in [0.1, 0.15) is 5.75 Å². The van der Waals surface area contributed by atoms with Crippen LogP contribution in [0, 0.1) is 12.8 Å². The van der Waals surface area contributed by atoms with Crippen molar-refractivity contribution in [2.45, 2.75) is 33.2 Å². The van der Waals surface area contributed by atoms with Crippen molar-refractivity contribution in [3.63, 3.8) is 0 Å². The number of carbonyl (C=O) groups is 3. The highest BCUT2D eigenvalue weighted by atomic mass is 16.5. The Hall–Kier alpha value is -4.40. The predicted octanol–water partition coefficient (Wildman–Crippen LogP) is 4.51. The second-order valence-corrected chi connectivity index (χ2v) is 9.00. The zero-order chi connectivity index (χ0) is 26.9. The maximum absolute atomic E-state index is 12.9. The molecule has 1 atom stereocenters. The number of aromatic nitrogens is 1. The van der Waals surface area contributed by atoms with Crippen LogP contribution in [-0.2, 0) is 29.0 Å². The third-order valence-electron chi connectivity index (χ3n) is 5.92. The molecule has 0 saturated heterocycles. The SMILES string of the molecule is COc1cc(CC(=O)N(C)Cc2cncc(CC(C)C(=O)O)c2)ccc1NC(=O)Nc1ccccc1C. The maximum atomic E-state index is 12.9. The van der Waals surface area contributed by atoms with Gasteiger partial charge in [0.05, 0.1) is 25.1 Å². The largest absolute Gasteiger partial charge is 0.495 e. The van der Waals surface area contributed by atoms with Crippen molar-refractivity contribution in [2.75, 3.05) is 24.8 Å². The number of para-hydroxylation sites is 1. The predicted molar refractivity (Wildman–Crippen MR) is 142 cm³/mol. The van der Waals surface area contributed by atoms with Gasteiger partial charge >= 0.3 is 12.0 Å². The molecular weight excluding hydrogens is 472 g/mol. The van der Waals surface area contributed by atoms with Crippen LogP contribution in [0.25, 0.3) is 0 Å². The van der Waals surface area contributed by atoms with Gasteiger partial charge in [0.2, 0.25) is 5.91 Å². The molecule has 0 saturated carbocycles. The molecule has 1 aromatic heterocycles. The first-order valence-corrected chi connectivity index (χ1v) is 11.9. The first-order chi connectivity index (χ1) is 17.7. The molecule has 3 N–H and O–H groups in total. The number of benzene rings is 2. The summed E-state index contributed by atoms with van der Waals surface area (Å²) >= 11 is 0. The third-order valence-corrected chi connectivity index (χ3v) is 5.92. The van der Waals surface area contributed by atoms with Crippen LogP contribution in [0.5, 0.6) is 5.75 Å². The minimum absolute atomic E-state index is 0.107. The number of ether oxygens (including phenoxy) is 1. The summed E-state index contributed by atoms with van der Waals surface area (Å²) in [6.45, 7) is 3.90. The molecule has 3 aromatic rings. The highest BCUT2D eigenvalue weighted by Gasteiger charge is 2.16. The van der Waals surface area contributed by atoms with Crippen LogP contribution in [-0.4, -0.2) is 47.1 Å². The molecular formula is C28H32N4O5. The number of urea groups is 1. The van der Waals surface area contributed by atoms with E-state index >= 15 is 0 Å². The number of pyridine rings is 1. The Balaban J connectivity index is 1.61. The van der Waals surface area contributed by atoms with E-state index in [0.717, 1.165) is 22.3 Å². The van der Waals surface area contributed by atoms with Crippen LogP contribution in [0.15, 0.2) is 60.9 Å². The van der Waals surface area contributed by atoms with Crippen molar-refractivity contribution < 1.29 is 24.2 Å². The summed E-state index contributed by atoms with van der Waals surface area (Å²) in [6, 6.07) is 14.2. The number of methoxy groups -OCH3 is 1. The van der Waals surface area contributed by atoms with Crippen LogP contribution in [0.2, 0.25) is 0 Å². The third kappa shape index (κ3) is 7.79. The highest BCUT2D eigenvalue weighted by molar-refractivity contribution is 6.01. The van der Waals surface area contributed by atoms with Gasteiger partial charge in [-0.1, -0.05) is 37.3 Å². The Morgan fingerprint density at radius 1 is 1.00 bits per heavy atom. The molecule has 0 aliphatic heterocycles. The fourth-order valence-electron chi connectivity index (χ4n) is 3.79. The monoisotopic (exact) mass is 504 g/mol. The van der Waals surface area contributed by atoms with E-state index < -0.39 is 17.9 Å². The molecule has 3 amide bonds. The number of carboxylic acids is 1. The van der Waals surface area contributed by atoms with Crippen molar-refractivity contribution in [3.8, 4) is 5.75 Å². The number of nitrogens with zero attached hydrogens (tertiary/aromatic N) is 2. The van der Waals surface area contributed by atoms with Crippen molar-refractivity contribution in [2.24, 2.45) is 5.92 Å². The van der Waals surface area contributed by atoms with E-state index in [4.69, 9.17) is 9.84 Å². The van der Waals surface area contributed by atoms with Gasteiger partial charge in [-0.05, 0) is 53.8 Å². The molecule has 1 heterocycles. The first-order valence-electron chi connectivity index (χ1n) is 11.9. The molecule has 0 spiro atoms. The number of hydrogen-bond donors (Lipinski definition) is 3. The van der Waals surface area contributed by atoms with Gasteiger partial charge in [-0.25, -0.2) is 4.79 Å². The Morgan fingerprint density at radius 2 is 1.70 bits per heavy atom. The summed E-state index contributed by atoms with van der Waals surface area (Å²) in [5, 5.41) is 14.7. The van der Waals surface area contributed by atoms with Crippen LogP contribution in [0.1, 0.15) is 29.2 Å². The van der Waals surface area contributed by atoms with Gasteiger partial charge in [0, 0.05) is 31.7 Å². The normalized spacial score (nSPS) is 11.4. The molecule has 9 heteroatoms. The van der Waals surface area contributed by atoms with E-state index in [2.05, 4.69) is 15.6 Å². The lowest BCUT2D eigenvalue weighted by atomic mass is 10.0. The van der Waals surface area contributed by atoms with E-state index in [0.29, 0.717) is 30.1 Å². The number of amides is 3. The molecule has 0 aliphatic rings. The number of anilines is 2. The summed E-state index contributed by atoms with van der Waals surface area (Å²) in [7, 11) is 3.21. The van der Waals surface area contributed by atoms with Gasteiger partial charge in [0.15, 0.2) is 0 Å². The number of carboxylic acid groups (broad SMARTS) is 1. The minimum atomic E-state index is -0.860. The number of aryl methyl sites for hydroxylation is 1. The molecule has 3 rings (SSSR count). The summed E-state index contributed by atoms with van der Waals surface area (Å²) in [6.07, 6.45) is 3.83. The molecule has 9 nitrogen and oxygen atoms in total. The fraction of sp³-hybridized carbons (Fsp3) is 0.286. The summed E-state index contributed by atoms with van der Waals surface area (Å²) in [4.78, 5) is 42.3. The summed E-state index contributed by atoms with van der Waals surface area (Å²) in [5.74, 6) is -1.04. The lowest BCUT2D eigenvalue weighted by Crippen LogP contribution is -2.28.